The Morgan fingerprint density at radius 3 is 2.54 bits per heavy atom. The van der Waals surface area contributed by atoms with Crippen LogP contribution < -0.4 is 5.32 Å². The Hall–Kier alpha value is -3.55. The molecule has 6 nitrogen and oxygen atoms in total. The number of hydrogen-bond acceptors (Lipinski definition) is 4. The first-order valence-electron chi connectivity index (χ1n) is 8.40. The smallest absolute Gasteiger partial charge is 0.342 e. The molecule has 0 aliphatic rings. The number of amides is 1. The fourth-order valence-corrected chi connectivity index (χ4v) is 2.74. The monoisotopic (exact) mass is 385 g/mol. The number of rotatable bonds is 5. The number of halogens is 2. The van der Waals surface area contributed by atoms with E-state index in [4.69, 9.17) is 4.74 Å². The summed E-state index contributed by atoms with van der Waals surface area (Å²) in [6.45, 7) is 2.72. The van der Waals surface area contributed by atoms with Gasteiger partial charge in [-0.3, -0.25) is 4.79 Å². The molecule has 1 N–H and O–H groups in total. The Balaban J connectivity index is 1.69. The molecule has 3 aromatic rings. The van der Waals surface area contributed by atoms with Crippen LogP contribution in [0, 0.1) is 25.5 Å². The zero-order valence-electron chi connectivity index (χ0n) is 15.2. The molecular weight excluding hydrogens is 368 g/mol. The molecule has 0 unspecified atom stereocenters. The SMILES string of the molecule is Cc1nn(-c2ccccc2)c(C)c1C(=O)OCC(=O)Nc1cc(F)ccc1F. The van der Waals surface area contributed by atoms with E-state index in [-0.39, 0.29) is 11.3 Å². The first-order chi connectivity index (χ1) is 13.4. The van der Waals surface area contributed by atoms with Gasteiger partial charge in [0, 0.05) is 6.07 Å². The van der Waals surface area contributed by atoms with E-state index in [1.807, 2.05) is 30.3 Å². The quantitative estimate of drug-likeness (QED) is 0.682. The van der Waals surface area contributed by atoms with Crippen molar-refractivity contribution < 1.29 is 23.1 Å². The minimum absolute atomic E-state index is 0.244. The lowest BCUT2D eigenvalue weighted by atomic mass is 10.2. The largest absolute Gasteiger partial charge is 0.452 e. The molecule has 28 heavy (non-hydrogen) atoms. The fourth-order valence-electron chi connectivity index (χ4n) is 2.74. The zero-order valence-corrected chi connectivity index (χ0v) is 15.2. The van der Waals surface area contributed by atoms with Crippen molar-refractivity contribution in [3.05, 3.63) is 77.1 Å². The molecule has 0 aliphatic heterocycles. The first kappa shape index (κ1) is 19.2. The maximum absolute atomic E-state index is 13.6. The Kier molecular flexibility index (Phi) is 5.49. The van der Waals surface area contributed by atoms with Crippen molar-refractivity contribution >= 4 is 17.6 Å². The van der Waals surface area contributed by atoms with Gasteiger partial charge in [-0.05, 0) is 38.1 Å². The summed E-state index contributed by atoms with van der Waals surface area (Å²) in [4.78, 5) is 24.3. The summed E-state index contributed by atoms with van der Waals surface area (Å²) in [5.41, 5.74) is 1.70. The number of carbonyl (C=O) groups is 2. The molecule has 2 aromatic carbocycles. The van der Waals surface area contributed by atoms with E-state index in [9.17, 15) is 18.4 Å². The molecule has 144 valence electrons. The molecule has 1 aromatic heterocycles. The van der Waals surface area contributed by atoms with E-state index < -0.39 is 30.1 Å². The standard InChI is InChI=1S/C20H17F2N3O3/c1-12-19(13(2)25(24-12)15-6-4-3-5-7-15)20(27)28-11-18(26)23-17-10-14(21)8-9-16(17)22/h3-10H,11H2,1-2H3,(H,23,26). The van der Waals surface area contributed by atoms with Gasteiger partial charge >= 0.3 is 5.97 Å². The lowest BCUT2D eigenvalue weighted by Gasteiger charge is -2.08. The molecule has 0 saturated heterocycles. The highest BCUT2D eigenvalue weighted by molar-refractivity contribution is 5.96. The number of nitrogens with zero attached hydrogens (tertiary/aromatic N) is 2. The number of aryl methyl sites for hydroxylation is 1. The summed E-state index contributed by atoms with van der Waals surface area (Å²) in [5, 5.41) is 6.51. The number of para-hydroxylation sites is 1. The van der Waals surface area contributed by atoms with Crippen LogP contribution in [-0.2, 0) is 9.53 Å². The van der Waals surface area contributed by atoms with E-state index in [1.165, 1.54) is 0 Å². The van der Waals surface area contributed by atoms with Gasteiger partial charge in [-0.2, -0.15) is 5.10 Å². The third kappa shape index (κ3) is 4.06. The van der Waals surface area contributed by atoms with E-state index >= 15 is 0 Å². The van der Waals surface area contributed by atoms with Gasteiger partial charge in [0.15, 0.2) is 6.61 Å². The highest BCUT2D eigenvalue weighted by Crippen LogP contribution is 2.19. The Morgan fingerprint density at radius 2 is 1.82 bits per heavy atom. The molecule has 3 rings (SSSR count). The molecule has 0 bridgehead atoms. The highest BCUT2D eigenvalue weighted by Gasteiger charge is 2.21. The van der Waals surface area contributed by atoms with Gasteiger partial charge in [0.1, 0.15) is 17.2 Å². The van der Waals surface area contributed by atoms with Crippen molar-refractivity contribution in [3.63, 3.8) is 0 Å². The van der Waals surface area contributed by atoms with Gasteiger partial charge in [0.05, 0.1) is 22.8 Å². The average Bonchev–Trinajstić information content (AvgIpc) is 2.98. The molecule has 1 amide bonds. The van der Waals surface area contributed by atoms with Crippen LogP contribution in [0.4, 0.5) is 14.5 Å². The summed E-state index contributed by atoms with van der Waals surface area (Å²) in [7, 11) is 0. The van der Waals surface area contributed by atoms with Crippen LogP contribution in [-0.4, -0.2) is 28.3 Å². The van der Waals surface area contributed by atoms with Crippen LogP contribution in [0.3, 0.4) is 0 Å². The number of nitrogens with one attached hydrogen (secondary N) is 1. The molecule has 0 aliphatic carbocycles. The van der Waals surface area contributed by atoms with Gasteiger partial charge in [-0.1, -0.05) is 18.2 Å². The van der Waals surface area contributed by atoms with Crippen LogP contribution in [0.5, 0.6) is 0 Å². The maximum Gasteiger partial charge on any atom is 0.342 e. The predicted molar refractivity (Wildman–Crippen MR) is 98.3 cm³/mol. The second-order valence-electron chi connectivity index (χ2n) is 6.04. The van der Waals surface area contributed by atoms with Crippen LogP contribution in [0.25, 0.3) is 5.69 Å². The van der Waals surface area contributed by atoms with Crippen molar-refractivity contribution in [2.75, 3.05) is 11.9 Å². The number of hydrogen-bond donors (Lipinski definition) is 1. The summed E-state index contributed by atoms with van der Waals surface area (Å²) in [6.07, 6.45) is 0. The van der Waals surface area contributed by atoms with E-state index in [2.05, 4.69) is 10.4 Å². The first-order valence-corrected chi connectivity index (χ1v) is 8.40. The average molecular weight is 385 g/mol. The second kappa shape index (κ2) is 7.99. The molecule has 0 fully saturated rings. The van der Waals surface area contributed by atoms with E-state index in [0.29, 0.717) is 11.4 Å². The summed E-state index contributed by atoms with van der Waals surface area (Å²) in [5.74, 6) is -3.01. The van der Waals surface area contributed by atoms with E-state index in [0.717, 1.165) is 23.9 Å². The van der Waals surface area contributed by atoms with Crippen molar-refractivity contribution in [2.45, 2.75) is 13.8 Å². The molecular formula is C20H17F2N3O3. The van der Waals surface area contributed by atoms with Gasteiger partial charge in [0.25, 0.3) is 5.91 Å². The number of benzene rings is 2. The number of esters is 1. The third-order valence-corrected chi connectivity index (χ3v) is 4.03. The summed E-state index contributed by atoms with van der Waals surface area (Å²) >= 11 is 0. The molecule has 0 spiro atoms. The van der Waals surface area contributed by atoms with Gasteiger partial charge in [0.2, 0.25) is 0 Å². The van der Waals surface area contributed by atoms with Crippen molar-refractivity contribution in [3.8, 4) is 5.69 Å². The Morgan fingerprint density at radius 1 is 1.11 bits per heavy atom. The fraction of sp³-hybridized carbons (Fsp3) is 0.150. The number of carbonyl (C=O) groups excluding carboxylic acids is 2. The molecule has 0 saturated carbocycles. The minimum Gasteiger partial charge on any atom is -0.452 e. The van der Waals surface area contributed by atoms with Crippen molar-refractivity contribution in [1.82, 2.24) is 9.78 Å². The molecule has 0 radical (unpaired) electrons. The summed E-state index contributed by atoms with van der Waals surface area (Å²) < 4.78 is 33.3. The van der Waals surface area contributed by atoms with Gasteiger partial charge < -0.3 is 10.1 Å². The van der Waals surface area contributed by atoms with Crippen molar-refractivity contribution in [1.29, 1.82) is 0 Å². The van der Waals surface area contributed by atoms with Gasteiger partial charge in [-0.15, -0.1) is 0 Å². The number of ether oxygens (including phenoxy) is 1. The summed E-state index contributed by atoms with van der Waals surface area (Å²) in [6, 6.07) is 11.9. The topological polar surface area (TPSA) is 73.2 Å². The maximum atomic E-state index is 13.6. The van der Waals surface area contributed by atoms with E-state index in [1.54, 1.807) is 18.5 Å². The van der Waals surface area contributed by atoms with Crippen LogP contribution in [0.2, 0.25) is 0 Å². The molecule has 1 heterocycles. The zero-order chi connectivity index (χ0) is 20.3. The van der Waals surface area contributed by atoms with Crippen LogP contribution >= 0.6 is 0 Å². The highest BCUT2D eigenvalue weighted by atomic mass is 19.1. The lowest BCUT2D eigenvalue weighted by Crippen LogP contribution is -2.22. The lowest BCUT2D eigenvalue weighted by molar-refractivity contribution is -0.119. The number of anilines is 1. The third-order valence-electron chi connectivity index (χ3n) is 4.03. The number of aromatic nitrogens is 2. The normalized spacial score (nSPS) is 10.6. The minimum atomic E-state index is -0.795. The molecule has 8 heteroatoms. The second-order valence-corrected chi connectivity index (χ2v) is 6.04. The molecule has 0 atom stereocenters. The Bertz CT molecular complexity index is 1030. The Labute approximate surface area is 159 Å². The van der Waals surface area contributed by atoms with Crippen LogP contribution in [0.1, 0.15) is 21.7 Å². The predicted octanol–water partition coefficient (Wildman–Crippen LogP) is 3.56. The van der Waals surface area contributed by atoms with Gasteiger partial charge in [-0.25, -0.2) is 18.3 Å². The van der Waals surface area contributed by atoms with Crippen molar-refractivity contribution in [2.24, 2.45) is 0 Å². The van der Waals surface area contributed by atoms with Crippen LogP contribution in [0.15, 0.2) is 48.5 Å².